The van der Waals surface area contributed by atoms with Crippen LogP contribution in [-0.4, -0.2) is 27.3 Å². The molecule has 1 heterocycles. The molecule has 25 heavy (non-hydrogen) atoms. The van der Waals surface area contributed by atoms with Gasteiger partial charge in [0, 0.05) is 6.54 Å². The lowest BCUT2D eigenvalue weighted by Crippen LogP contribution is -2.24. The summed E-state index contributed by atoms with van der Waals surface area (Å²) >= 11 is 0. The van der Waals surface area contributed by atoms with E-state index in [0.29, 0.717) is 12.3 Å². The fourth-order valence-corrected chi connectivity index (χ4v) is 2.19. The maximum Gasteiger partial charge on any atom is 0.223 e. The van der Waals surface area contributed by atoms with Crippen LogP contribution in [0.3, 0.4) is 0 Å². The van der Waals surface area contributed by atoms with Gasteiger partial charge in [-0.3, -0.25) is 4.79 Å². The topological polar surface area (TPSA) is 69.0 Å². The van der Waals surface area contributed by atoms with E-state index in [1.807, 2.05) is 24.3 Å². The van der Waals surface area contributed by atoms with Gasteiger partial charge in [0.15, 0.2) is 0 Å². The van der Waals surface area contributed by atoms with E-state index in [1.165, 1.54) is 30.6 Å². The van der Waals surface area contributed by atoms with E-state index in [9.17, 15) is 9.18 Å². The third-order valence-corrected chi connectivity index (χ3v) is 3.52. The first-order valence-electron chi connectivity index (χ1n) is 7.80. The Morgan fingerprint density at radius 3 is 2.56 bits per heavy atom. The second-order valence-corrected chi connectivity index (χ2v) is 5.34. The molecule has 0 bridgehead atoms. The second kappa shape index (κ2) is 8.05. The van der Waals surface area contributed by atoms with Crippen LogP contribution >= 0.6 is 0 Å². The molecule has 0 radical (unpaired) electrons. The van der Waals surface area contributed by atoms with Gasteiger partial charge in [-0.1, -0.05) is 12.1 Å². The first-order chi connectivity index (χ1) is 12.2. The van der Waals surface area contributed by atoms with Gasteiger partial charge in [-0.2, -0.15) is 5.10 Å². The lowest BCUT2D eigenvalue weighted by Gasteiger charge is -2.08. The quantitative estimate of drug-likeness (QED) is 0.717. The van der Waals surface area contributed by atoms with E-state index in [4.69, 9.17) is 4.74 Å². The van der Waals surface area contributed by atoms with Crippen molar-refractivity contribution in [3.05, 3.63) is 72.6 Å². The highest BCUT2D eigenvalue weighted by Crippen LogP contribution is 2.11. The van der Waals surface area contributed by atoms with Gasteiger partial charge in [-0.25, -0.2) is 14.1 Å². The number of nitrogens with one attached hydrogen (secondary N) is 1. The highest BCUT2D eigenvalue weighted by Gasteiger charge is 2.03. The van der Waals surface area contributed by atoms with Crippen LogP contribution in [0.15, 0.2) is 61.2 Å². The largest absolute Gasteiger partial charge is 0.493 e. The number of rotatable bonds is 7. The van der Waals surface area contributed by atoms with Crippen LogP contribution in [0.5, 0.6) is 5.75 Å². The van der Waals surface area contributed by atoms with Crippen molar-refractivity contribution in [3.63, 3.8) is 0 Å². The molecule has 1 N–H and O–H groups in total. The maximum atomic E-state index is 12.8. The minimum Gasteiger partial charge on any atom is -0.493 e. The number of aromatic nitrogens is 3. The predicted octanol–water partition coefficient (Wildman–Crippen LogP) is 2.49. The molecule has 0 aliphatic heterocycles. The molecule has 3 rings (SSSR count). The van der Waals surface area contributed by atoms with Crippen molar-refractivity contribution in [2.75, 3.05) is 6.61 Å². The third-order valence-electron chi connectivity index (χ3n) is 3.52. The third kappa shape index (κ3) is 4.87. The monoisotopic (exact) mass is 340 g/mol. The van der Waals surface area contributed by atoms with Gasteiger partial charge in [-0.15, -0.1) is 0 Å². The number of nitrogens with zero attached hydrogens (tertiary/aromatic N) is 3. The average Bonchev–Trinajstić information content (AvgIpc) is 3.17. The number of halogens is 1. The zero-order valence-electron chi connectivity index (χ0n) is 13.4. The first kappa shape index (κ1) is 16.6. The normalized spacial score (nSPS) is 10.4. The van der Waals surface area contributed by atoms with Crippen LogP contribution in [0, 0.1) is 5.82 Å². The van der Waals surface area contributed by atoms with Gasteiger partial charge in [0.05, 0.1) is 18.7 Å². The Bertz CT molecular complexity index is 802. The van der Waals surface area contributed by atoms with E-state index in [1.54, 1.807) is 11.0 Å². The smallest absolute Gasteiger partial charge is 0.223 e. The molecule has 128 valence electrons. The Morgan fingerprint density at radius 1 is 1.12 bits per heavy atom. The molecule has 0 spiro atoms. The summed E-state index contributed by atoms with van der Waals surface area (Å²) in [5.74, 6) is 0.111. The van der Waals surface area contributed by atoms with Crippen LogP contribution in [0.25, 0.3) is 5.69 Å². The Morgan fingerprint density at radius 2 is 1.88 bits per heavy atom. The molecule has 3 aromatic rings. The zero-order chi connectivity index (χ0) is 17.5. The molecule has 0 saturated heterocycles. The Kier molecular flexibility index (Phi) is 5.36. The molecule has 0 unspecified atom stereocenters. The lowest BCUT2D eigenvalue weighted by atomic mass is 10.2. The fraction of sp³-hybridized carbons (Fsp3) is 0.167. The Labute approximate surface area is 144 Å². The van der Waals surface area contributed by atoms with Crippen molar-refractivity contribution in [2.45, 2.75) is 13.0 Å². The number of carbonyl (C=O) groups excluding carboxylic acids is 1. The number of amides is 1. The summed E-state index contributed by atoms with van der Waals surface area (Å²) in [4.78, 5) is 15.7. The summed E-state index contributed by atoms with van der Waals surface area (Å²) in [6.45, 7) is 0.676. The molecule has 0 aliphatic rings. The van der Waals surface area contributed by atoms with Crippen molar-refractivity contribution in [1.29, 1.82) is 0 Å². The molecule has 0 saturated carbocycles. The summed E-state index contributed by atoms with van der Waals surface area (Å²) in [6, 6.07) is 13.4. The summed E-state index contributed by atoms with van der Waals surface area (Å²) in [5, 5.41) is 6.89. The summed E-state index contributed by atoms with van der Waals surface area (Å²) < 4.78 is 19.8. The van der Waals surface area contributed by atoms with E-state index in [2.05, 4.69) is 15.4 Å². The van der Waals surface area contributed by atoms with Gasteiger partial charge in [-0.05, 0) is 42.0 Å². The van der Waals surface area contributed by atoms with Crippen LogP contribution < -0.4 is 10.1 Å². The molecule has 6 nitrogen and oxygen atoms in total. The summed E-state index contributed by atoms with van der Waals surface area (Å²) in [6.07, 6.45) is 3.33. The van der Waals surface area contributed by atoms with Gasteiger partial charge in [0.2, 0.25) is 5.91 Å². The average molecular weight is 340 g/mol. The predicted molar refractivity (Wildman–Crippen MR) is 89.7 cm³/mol. The summed E-state index contributed by atoms with van der Waals surface area (Å²) in [7, 11) is 0. The first-order valence-corrected chi connectivity index (χ1v) is 7.80. The second-order valence-electron chi connectivity index (χ2n) is 5.34. The highest BCUT2D eigenvalue weighted by atomic mass is 19.1. The molecule has 0 atom stereocenters. The number of hydrogen-bond donors (Lipinski definition) is 1. The molecule has 0 fully saturated rings. The standard InChI is InChI=1S/C18H17FN4O2/c19-15-3-7-17(8-4-15)25-10-9-18(24)21-11-14-1-5-16(6-2-14)23-13-20-12-22-23/h1-8,12-13H,9-11H2,(H,21,24). The van der Waals surface area contributed by atoms with Crippen molar-refractivity contribution < 1.29 is 13.9 Å². The molecular formula is C18H17FN4O2. The number of carbonyl (C=O) groups is 1. The molecule has 2 aromatic carbocycles. The van der Waals surface area contributed by atoms with E-state index in [-0.39, 0.29) is 24.8 Å². The summed E-state index contributed by atoms with van der Waals surface area (Å²) in [5.41, 5.74) is 1.89. The van der Waals surface area contributed by atoms with Crippen molar-refractivity contribution in [1.82, 2.24) is 20.1 Å². The molecule has 1 amide bonds. The SMILES string of the molecule is O=C(CCOc1ccc(F)cc1)NCc1ccc(-n2cncn2)cc1. The number of benzene rings is 2. The number of ether oxygens (including phenoxy) is 1. The lowest BCUT2D eigenvalue weighted by molar-refractivity contribution is -0.121. The van der Waals surface area contributed by atoms with Crippen LogP contribution in [0.2, 0.25) is 0 Å². The van der Waals surface area contributed by atoms with Gasteiger partial charge in [0.1, 0.15) is 24.2 Å². The Hall–Kier alpha value is -3.22. The molecule has 7 heteroatoms. The van der Waals surface area contributed by atoms with E-state index < -0.39 is 0 Å². The zero-order valence-corrected chi connectivity index (χ0v) is 13.4. The van der Waals surface area contributed by atoms with Crippen LogP contribution in [0.4, 0.5) is 4.39 Å². The molecule has 1 aromatic heterocycles. The van der Waals surface area contributed by atoms with Crippen LogP contribution in [0.1, 0.15) is 12.0 Å². The van der Waals surface area contributed by atoms with Crippen molar-refractivity contribution in [3.8, 4) is 11.4 Å². The van der Waals surface area contributed by atoms with Crippen molar-refractivity contribution in [2.24, 2.45) is 0 Å². The van der Waals surface area contributed by atoms with E-state index in [0.717, 1.165) is 11.3 Å². The van der Waals surface area contributed by atoms with Crippen LogP contribution in [-0.2, 0) is 11.3 Å². The van der Waals surface area contributed by atoms with Gasteiger partial charge >= 0.3 is 0 Å². The highest BCUT2D eigenvalue weighted by molar-refractivity contribution is 5.76. The fourth-order valence-electron chi connectivity index (χ4n) is 2.19. The van der Waals surface area contributed by atoms with Crippen molar-refractivity contribution >= 4 is 5.91 Å². The van der Waals surface area contributed by atoms with E-state index >= 15 is 0 Å². The maximum absolute atomic E-state index is 12.8. The molecular weight excluding hydrogens is 323 g/mol. The van der Waals surface area contributed by atoms with Gasteiger partial charge < -0.3 is 10.1 Å². The number of hydrogen-bond acceptors (Lipinski definition) is 4. The minimum atomic E-state index is -0.320. The molecule has 0 aliphatic carbocycles. The Balaban J connectivity index is 1.40. The van der Waals surface area contributed by atoms with Gasteiger partial charge in [0.25, 0.3) is 0 Å². The minimum absolute atomic E-state index is 0.109.